The predicted molar refractivity (Wildman–Crippen MR) is 118 cm³/mol. The third-order valence-corrected chi connectivity index (χ3v) is 6.21. The smallest absolute Gasteiger partial charge is 0.225 e. The number of carbonyl (C=O) groups is 2. The fraction of sp³-hybridized carbons (Fsp3) is 0.478. The van der Waals surface area contributed by atoms with Gasteiger partial charge in [-0.25, -0.2) is 9.97 Å². The Morgan fingerprint density at radius 3 is 2.19 bits per heavy atom. The first-order chi connectivity index (χ1) is 15.5. The fourth-order valence-electron chi connectivity index (χ4n) is 4.50. The molecule has 0 spiro atoms. The molecule has 2 aliphatic rings. The van der Waals surface area contributed by atoms with E-state index in [0.29, 0.717) is 73.5 Å². The van der Waals surface area contributed by atoms with E-state index >= 15 is 0 Å². The van der Waals surface area contributed by atoms with Crippen LogP contribution in [0.4, 0.5) is 5.95 Å². The summed E-state index contributed by atoms with van der Waals surface area (Å²) in [6.07, 6.45) is 1.86. The van der Waals surface area contributed by atoms with E-state index in [2.05, 4.69) is 9.88 Å². The number of fused-ring (bicyclic) bond motifs is 1. The van der Waals surface area contributed by atoms with Gasteiger partial charge in [0.15, 0.2) is 17.3 Å². The lowest BCUT2D eigenvalue weighted by atomic mass is 9.81. The average molecular weight is 441 g/mol. The van der Waals surface area contributed by atoms with E-state index < -0.39 is 0 Å². The highest BCUT2D eigenvalue weighted by molar-refractivity contribution is 5.99. The van der Waals surface area contributed by atoms with Crippen molar-refractivity contribution in [3.8, 4) is 17.2 Å². The van der Waals surface area contributed by atoms with E-state index in [1.807, 2.05) is 19.1 Å². The molecule has 1 amide bonds. The lowest BCUT2D eigenvalue weighted by Gasteiger charge is -2.33. The van der Waals surface area contributed by atoms with Crippen LogP contribution >= 0.6 is 0 Å². The highest BCUT2D eigenvalue weighted by atomic mass is 16.5. The van der Waals surface area contributed by atoms with E-state index in [9.17, 15) is 9.59 Å². The number of methoxy groups -OCH3 is 3. The highest BCUT2D eigenvalue weighted by Gasteiger charge is 2.32. The van der Waals surface area contributed by atoms with Gasteiger partial charge in [-0.2, -0.15) is 0 Å². The second-order valence-electron chi connectivity index (χ2n) is 8.05. The normalized spacial score (nSPS) is 18.2. The summed E-state index contributed by atoms with van der Waals surface area (Å²) in [7, 11) is 4.72. The Kier molecular flexibility index (Phi) is 6.16. The van der Waals surface area contributed by atoms with E-state index in [4.69, 9.17) is 19.2 Å². The minimum atomic E-state index is -0.0576. The number of benzene rings is 1. The zero-order valence-electron chi connectivity index (χ0n) is 18.9. The van der Waals surface area contributed by atoms with Gasteiger partial charge in [0.25, 0.3) is 0 Å². The van der Waals surface area contributed by atoms with Crippen LogP contribution in [0.5, 0.6) is 17.2 Å². The fourth-order valence-corrected chi connectivity index (χ4v) is 4.50. The Morgan fingerprint density at radius 1 is 0.969 bits per heavy atom. The molecule has 1 aliphatic carbocycles. The van der Waals surface area contributed by atoms with Gasteiger partial charge in [-0.15, -0.1) is 0 Å². The van der Waals surface area contributed by atoms with Crippen molar-refractivity contribution in [2.75, 3.05) is 52.4 Å². The van der Waals surface area contributed by atoms with Crippen LogP contribution in [0.25, 0.3) is 0 Å². The minimum Gasteiger partial charge on any atom is -0.493 e. The second-order valence-corrected chi connectivity index (χ2v) is 8.05. The molecule has 9 nitrogen and oxygen atoms in total. The summed E-state index contributed by atoms with van der Waals surface area (Å²) in [5, 5.41) is 0. The van der Waals surface area contributed by atoms with Crippen molar-refractivity contribution in [2.24, 2.45) is 0 Å². The summed E-state index contributed by atoms with van der Waals surface area (Å²) in [4.78, 5) is 37.3. The van der Waals surface area contributed by atoms with Gasteiger partial charge in [-0.3, -0.25) is 9.59 Å². The molecule has 2 heterocycles. The molecule has 2 aromatic rings. The standard InChI is InChI=1S/C23H28N4O5/c1-14-21-17(25-23(24-14)27-7-5-26(13-28)6-8-27)9-15(10-18(21)29)16-11-19(30-2)22(32-4)20(12-16)31-3/h11-13,15H,5-10H2,1-4H3/t15-/m1/s1. The molecule has 1 aromatic carbocycles. The number of rotatable bonds is 6. The third kappa shape index (κ3) is 3.94. The molecule has 1 fully saturated rings. The first kappa shape index (κ1) is 21.9. The number of hydrogen-bond acceptors (Lipinski definition) is 8. The number of aromatic nitrogens is 2. The van der Waals surface area contributed by atoms with Crippen LogP contribution in [0.15, 0.2) is 12.1 Å². The molecule has 0 bridgehead atoms. The summed E-state index contributed by atoms with van der Waals surface area (Å²) < 4.78 is 16.4. The summed E-state index contributed by atoms with van der Waals surface area (Å²) in [5.74, 6) is 2.25. The molecule has 1 saturated heterocycles. The van der Waals surface area contributed by atoms with Gasteiger partial charge in [0, 0.05) is 32.6 Å². The van der Waals surface area contributed by atoms with Crippen LogP contribution < -0.4 is 19.1 Å². The number of carbonyl (C=O) groups excluding carboxylic acids is 2. The molecule has 1 aliphatic heterocycles. The number of ether oxygens (including phenoxy) is 3. The number of Topliss-reactive ketones (excluding diaryl/α,β-unsaturated/α-hetero) is 1. The number of hydrogen-bond donors (Lipinski definition) is 0. The molecular weight excluding hydrogens is 412 g/mol. The average Bonchev–Trinajstić information content (AvgIpc) is 2.82. The molecule has 0 N–H and O–H groups in total. The van der Waals surface area contributed by atoms with Crippen LogP contribution in [0.1, 0.15) is 39.6 Å². The largest absolute Gasteiger partial charge is 0.493 e. The van der Waals surface area contributed by atoms with Crippen molar-refractivity contribution in [1.82, 2.24) is 14.9 Å². The Hall–Kier alpha value is -3.36. The molecule has 170 valence electrons. The lowest BCUT2D eigenvalue weighted by molar-refractivity contribution is -0.118. The van der Waals surface area contributed by atoms with Gasteiger partial charge in [-0.1, -0.05) is 0 Å². The Bertz CT molecular complexity index is 1010. The van der Waals surface area contributed by atoms with E-state index in [0.717, 1.165) is 17.7 Å². The molecule has 32 heavy (non-hydrogen) atoms. The van der Waals surface area contributed by atoms with Crippen LogP contribution in [0.3, 0.4) is 0 Å². The van der Waals surface area contributed by atoms with Crippen LogP contribution in [-0.2, 0) is 11.2 Å². The van der Waals surface area contributed by atoms with Gasteiger partial charge in [0.1, 0.15) is 0 Å². The monoisotopic (exact) mass is 440 g/mol. The number of amides is 1. The van der Waals surface area contributed by atoms with E-state index in [1.165, 1.54) is 0 Å². The zero-order valence-corrected chi connectivity index (χ0v) is 18.9. The van der Waals surface area contributed by atoms with Gasteiger partial charge in [0.05, 0.1) is 38.3 Å². The Balaban J connectivity index is 1.66. The van der Waals surface area contributed by atoms with Gasteiger partial charge < -0.3 is 24.0 Å². The first-order valence-corrected chi connectivity index (χ1v) is 10.6. The minimum absolute atomic E-state index is 0.0415. The van der Waals surface area contributed by atoms with Crippen molar-refractivity contribution in [3.05, 3.63) is 34.6 Å². The number of ketones is 1. The van der Waals surface area contributed by atoms with Gasteiger partial charge in [-0.05, 0) is 37.0 Å². The van der Waals surface area contributed by atoms with E-state index in [-0.39, 0.29) is 11.7 Å². The van der Waals surface area contributed by atoms with Crippen molar-refractivity contribution in [3.63, 3.8) is 0 Å². The van der Waals surface area contributed by atoms with Crippen molar-refractivity contribution in [1.29, 1.82) is 0 Å². The zero-order chi connectivity index (χ0) is 22.8. The summed E-state index contributed by atoms with van der Waals surface area (Å²) >= 11 is 0. The van der Waals surface area contributed by atoms with Crippen LogP contribution in [-0.4, -0.2) is 74.6 Å². The lowest BCUT2D eigenvalue weighted by Crippen LogP contribution is -2.46. The van der Waals surface area contributed by atoms with Crippen molar-refractivity contribution >= 4 is 18.1 Å². The van der Waals surface area contributed by atoms with Gasteiger partial charge in [0.2, 0.25) is 18.1 Å². The molecule has 0 saturated carbocycles. The molecular formula is C23H28N4O5. The first-order valence-electron chi connectivity index (χ1n) is 10.6. The van der Waals surface area contributed by atoms with Crippen LogP contribution in [0, 0.1) is 6.92 Å². The second kappa shape index (κ2) is 9.02. The SMILES string of the molecule is COc1cc([C@H]2CC(=O)c3c(C)nc(N4CCN(C=O)CC4)nc3C2)cc(OC)c1OC. The topological polar surface area (TPSA) is 94.1 Å². The maximum absolute atomic E-state index is 13.1. The van der Waals surface area contributed by atoms with Crippen molar-refractivity contribution in [2.45, 2.75) is 25.7 Å². The van der Waals surface area contributed by atoms with Crippen LogP contribution in [0.2, 0.25) is 0 Å². The number of nitrogens with zero attached hydrogens (tertiary/aromatic N) is 4. The summed E-state index contributed by atoms with van der Waals surface area (Å²) in [5.41, 5.74) is 3.04. The molecule has 9 heteroatoms. The Morgan fingerprint density at radius 2 is 1.62 bits per heavy atom. The Labute approximate surface area is 187 Å². The maximum atomic E-state index is 13.1. The number of piperazine rings is 1. The maximum Gasteiger partial charge on any atom is 0.225 e. The highest BCUT2D eigenvalue weighted by Crippen LogP contribution is 2.43. The predicted octanol–water partition coefficient (Wildman–Crippen LogP) is 2.00. The summed E-state index contributed by atoms with van der Waals surface area (Å²) in [6.45, 7) is 4.47. The quantitative estimate of drug-likeness (QED) is 0.630. The molecule has 1 atom stereocenters. The third-order valence-electron chi connectivity index (χ3n) is 6.21. The molecule has 1 aromatic heterocycles. The molecule has 0 radical (unpaired) electrons. The molecule has 0 unspecified atom stereocenters. The van der Waals surface area contributed by atoms with Crippen molar-refractivity contribution < 1.29 is 23.8 Å². The van der Waals surface area contributed by atoms with E-state index in [1.54, 1.807) is 26.2 Å². The molecule has 4 rings (SSSR count). The number of anilines is 1. The van der Waals surface area contributed by atoms with Gasteiger partial charge >= 0.3 is 0 Å². The summed E-state index contributed by atoms with van der Waals surface area (Å²) in [6, 6.07) is 3.80. The number of aryl methyl sites for hydroxylation is 1.